The van der Waals surface area contributed by atoms with Crippen LogP contribution in [-0.2, 0) is 9.59 Å². The molecule has 0 aliphatic rings. The highest BCUT2D eigenvalue weighted by molar-refractivity contribution is 5.97. The van der Waals surface area contributed by atoms with Crippen LogP contribution in [0.5, 0.6) is 0 Å². The highest BCUT2D eigenvalue weighted by Crippen LogP contribution is 1.92. The van der Waals surface area contributed by atoms with E-state index < -0.39 is 24.2 Å². The predicted octanol–water partition coefficient (Wildman–Crippen LogP) is -1.29. The molecule has 0 spiro atoms. The third-order valence-corrected chi connectivity index (χ3v) is 1.22. The molecule has 0 heterocycles. The number of Topliss-reactive ketones (excluding diaryl/α,β-unsaturated/α-hetero) is 1. The summed E-state index contributed by atoms with van der Waals surface area (Å²) in [6, 6.07) is -0.726. The van der Waals surface area contributed by atoms with Crippen molar-refractivity contribution >= 4 is 11.8 Å². The van der Waals surface area contributed by atoms with Crippen LogP contribution >= 0.6 is 0 Å². The predicted molar refractivity (Wildman–Crippen MR) is 38.9 cm³/mol. The van der Waals surface area contributed by atoms with E-state index in [1.54, 1.807) is 0 Å². The first-order valence-electron chi connectivity index (χ1n) is 3.28. The first-order chi connectivity index (χ1) is 5.07. The van der Waals surface area contributed by atoms with Crippen molar-refractivity contribution in [2.75, 3.05) is 6.54 Å². The normalized spacial score (nSPS) is 12.5. The van der Waals surface area contributed by atoms with Gasteiger partial charge in [-0.2, -0.15) is 0 Å². The zero-order chi connectivity index (χ0) is 8.85. The Hall–Kier alpha value is -0.940. The third kappa shape index (κ3) is 4.46. The van der Waals surface area contributed by atoms with Crippen molar-refractivity contribution in [1.82, 2.24) is 0 Å². The lowest BCUT2D eigenvalue weighted by Gasteiger charge is -2.05. The van der Waals surface area contributed by atoms with Gasteiger partial charge >= 0.3 is 5.97 Å². The Morgan fingerprint density at radius 1 is 1.45 bits per heavy atom. The minimum Gasteiger partial charge on any atom is -0.481 e. The highest BCUT2D eigenvalue weighted by Gasteiger charge is 2.15. The average Bonchev–Trinajstić information content (AvgIpc) is 1.86. The monoisotopic (exact) mass is 160 g/mol. The molecular weight excluding hydrogens is 148 g/mol. The van der Waals surface area contributed by atoms with Gasteiger partial charge in [0, 0.05) is 0 Å². The zero-order valence-electron chi connectivity index (χ0n) is 6.12. The molecular formula is C6H12N2O3. The van der Waals surface area contributed by atoms with Crippen molar-refractivity contribution in [3.05, 3.63) is 0 Å². The first-order valence-corrected chi connectivity index (χ1v) is 3.28. The van der Waals surface area contributed by atoms with Crippen LogP contribution < -0.4 is 11.5 Å². The van der Waals surface area contributed by atoms with Gasteiger partial charge in [-0.15, -0.1) is 0 Å². The van der Waals surface area contributed by atoms with Crippen molar-refractivity contribution in [2.45, 2.75) is 18.9 Å². The molecule has 5 nitrogen and oxygen atoms in total. The Morgan fingerprint density at radius 2 is 2.00 bits per heavy atom. The molecule has 11 heavy (non-hydrogen) atoms. The van der Waals surface area contributed by atoms with Crippen molar-refractivity contribution in [3.63, 3.8) is 0 Å². The molecule has 0 rings (SSSR count). The zero-order valence-corrected chi connectivity index (χ0v) is 6.12. The van der Waals surface area contributed by atoms with Crippen molar-refractivity contribution < 1.29 is 14.7 Å². The van der Waals surface area contributed by atoms with Gasteiger partial charge in [0.05, 0.1) is 6.04 Å². The maximum absolute atomic E-state index is 10.8. The number of carbonyl (C=O) groups is 2. The summed E-state index contributed by atoms with van der Waals surface area (Å²) in [5.74, 6) is -1.62. The molecule has 5 heteroatoms. The molecule has 64 valence electrons. The van der Waals surface area contributed by atoms with Crippen LogP contribution in [0.25, 0.3) is 0 Å². The molecule has 0 fully saturated rings. The molecule has 0 bridgehead atoms. The molecule has 0 aromatic rings. The van der Waals surface area contributed by atoms with Crippen molar-refractivity contribution in [2.24, 2.45) is 11.5 Å². The molecule has 1 atom stereocenters. The third-order valence-electron chi connectivity index (χ3n) is 1.22. The van der Waals surface area contributed by atoms with Gasteiger partial charge in [0.2, 0.25) is 0 Å². The lowest BCUT2D eigenvalue weighted by molar-refractivity contribution is -0.140. The number of nitrogens with two attached hydrogens (primary N) is 2. The summed E-state index contributed by atoms with van der Waals surface area (Å²) in [7, 11) is 0. The molecule has 0 aliphatic carbocycles. The summed E-state index contributed by atoms with van der Waals surface area (Å²) in [5, 5.41) is 8.19. The van der Waals surface area contributed by atoms with Gasteiger partial charge in [0.15, 0.2) is 5.78 Å². The van der Waals surface area contributed by atoms with Crippen LogP contribution in [0.3, 0.4) is 0 Å². The number of aliphatic carboxylic acids is 1. The maximum atomic E-state index is 10.8. The number of carboxylic acids is 1. The summed E-state index contributed by atoms with van der Waals surface area (Å²) in [4.78, 5) is 20.8. The second-order valence-electron chi connectivity index (χ2n) is 2.22. The van der Waals surface area contributed by atoms with Crippen LogP contribution in [0.1, 0.15) is 12.8 Å². The van der Waals surface area contributed by atoms with Gasteiger partial charge in [0.25, 0.3) is 0 Å². The van der Waals surface area contributed by atoms with Gasteiger partial charge in [-0.05, 0) is 13.0 Å². The van der Waals surface area contributed by atoms with Gasteiger partial charge in [-0.1, -0.05) is 0 Å². The van der Waals surface area contributed by atoms with Gasteiger partial charge < -0.3 is 16.6 Å². The quantitative estimate of drug-likeness (QED) is 0.434. The molecule has 1 unspecified atom stereocenters. The van der Waals surface area contributed by atoms with Gasteiger partial charge in [0.1, 0.15) is 6.42 Å². The first kappa shape index (κ1) is 10.1. The molecule has 0 aliphatic heterocycles. The minimum atomic E-state index is -1.15. The molecule has 0 amide bonds. The van der Waals surface area contributed by atoms with Crippen LogP contribution in [0.2, 0.25) is 0 Å². The maximum Gasteiger partial charge on any atom is 0.310 e. The Bertz CT molecular complexity index is 158. The van der Waals surface area contributed by atoms with E-state index in [2.05, 4.69) is 0 Å². The molecule has 0 aromatic carbocycles. The molecule has 0 radical (unpaired) electrons. The number of carbonyl (C=O) groups excluding carboxylic acids is 1. The number of carboxylic acid groups (broad SMARTS) is 1. The molecule has 0 saturated carbocycles. The fourth-order valence-corrected chi connectivity index (χ4v) is 0.621. The molecule has 0 saturated heterocycles. The van der Waals surface area contributed by atoms with E-state index in [-0.39, 0.29) is 0 Å². The molecule has 0 aromatic heterocycles. The standard InChI is InChI=1S/C6H12N2O3/c7-2-1-4(8)5(9)3-6(10)11/h4H,1-3,7-8H2,(H,10,11). The van der Waals surface area contributed by atoms with E-state index in [0.29, 0.717) is 13.0 Å². The Morgan fingerprint density at radius 3 is 2.36 bits per heavy atom. The smallest absolute Gasteiger partial charge is 0.310 e. The van der Waals surface area contributed by atoms with Crippen molar-refractivity contribution in [1.29, 1.82) is 0 Å². The van der Waals surface area contributed by atoms with E-state index in [4.69, 9.17) is 16.6 Å². The SMILES string of the molecule is NCCC(N)C(=O)CC(=O)O. The Kier molecular flexibility index (Phi) is 4.40. The fourth-order valence-electron chi connectivity index (χ4n) is 0.621. The second-order valence-corrected chi connectivity index (χ2v) is 2.22. The fraction of sp³-hybridized carbons (Fsp3) is 0.667. The second kappa shape index (κ2) is 4.81. The van der Waals surface area contributed by atoms with Crippen LogP contribution in [0.15, 0.2) is 0 Å². The number of hydrogen-bond acceptors (Lipinski definition) is 4. The van der Waals surface area contributed by atoms with E-state index in [1.165, 1.54) is 0 Å². The van der Waals surface area contributed by atoms with E-state index in [0.717, 1.165) is 0 Å². The minimum absolute atomic E-state index is 0.298. The number of hydrogen-bond donors (Lipinski definition) is 3. The lowest BCUT2D eigenvalue weighted by atomic mass is 10.1. The van der Waals surface area contributed by atoms with Gasteiger partial charge in [-0.25, -0.2) is 0 Å². The van der Waals surface area contributed by atoms with E-state index in [9.17, 15) is 9.59 Å². The van der Waals surface area contributed by atoms with Crippen LogP contribution in [0, 0.1) is 0 Å². The Labute approximate surface area is 64.4 Å². The van der Waals surface area contributed by atoms with E-state index in [1.807, 2.05) is 0 Å². The van der Waals surface area contributed by atoms with Gasteiger partial charge in [-0.3, -0.25) is 9.59 Å². The largest absolute Gasteiger partial charge is 0.481 e. The summed E-state index contributed by atoms with van der Waals surface area (Å²) in [5.41, 5.74) is 10.4. The summed E-state index contributed by atoms with van der Waals surface area (Å²) >= 11 is 0. The number of ketones is 1. The van der Waals surface area contributed by atoms with Crippen LogP contribution in [-0.4, -0.2) is 29.4 Å². The molecule has 5 N–H and O–H groups in total. The van der Waals surface area contributed by atoms with E-state index >= 15 is 0 Å². The summed E-state index contributed by atoms with van der Waals surface area (Å²) in [6.45, 7) is 0.298. The number of rotatable bonds is 5. The topological polar surface area (TPSA) is 106 Å². The highest BCUT2D eigenvalue weighted by atomic mass is 16.4. The van der Waals surface area contributed by atoms with Crippen LogP contribution in [0.4, 0.5) is 0 Å². The Balaban J connectivity index is 3.73. The average molecular weight is 160 g/mol. The lowest BCUT2D eigenvalue weighted by Crippen LogP contribution is -2.33. The van der Waals surface area contributed by atoms with Crippen molar-refractivity contribution in [3.8, 4) is 0 Å². The summed E-state index contributed by atoms with van der Waals surface area (Å²) < 4.78 is 0. The summed E-state index contributed by atoms with van der Waals surface area (Å²) in [6.07, 6.45) is -0.173.